The van der Waals surface area contributed by atoms with Gasteiger partial charge in [0, 0.05) is 0 Å². The minimum atomic E-state index is 0.708. The Morgan fingerprint density at radius 2 is 1.69 bits per heavy atom. The zero-order chi connectivity index (χ0) is 10.0. The minimum Gasteiger partial charge on any atom is -0.0671 e. The van der Waals surface area contributed by atoms with Crippen LogP contribution in [-0.2, 0) is 0 Å². The molecule has 13 heavy (non-hydrogen) atoms. The molecule has 0 aromatic heterocycles. The van der Waals surface area contributed by atoms with Crippen LogP contribution in [0.1, 0.15) is 41.0 Å². The van der Waals surface area contributed by atoms with E-state index in [0.717, 1.165) is 5.92 Å². The van der Waals surface area contributed by atoms with Gasteiger partial charge in [0.05, 0.1) is 0 Å². The lowest BCUT2D eigenvalue weighted by Crippen LogP contribution is -2.12. The van der Waals surface area contributed by atoms with Crippen LogP contribution in [0, 0.1) is 17.8 Å². The molecule has 0 saturated heterocycles. The second-order valence-corrected chi connectivity index (χ2v) is 4.82. The van der Waals surface area contributed by atoms with Gasteiger partial charge in [-0.05, 0) is 24.2 Å². The summed E-state index contributed by atoms with van der Waals surface area (Å²) in [6.07, 6.45) is 5.94. The summed E-state index contributed by atoms with van der Waals surface area (Å²) in [6, 6.07) is 0. The molecule has 1 unspecified atom stereocenters. The van der Waals surface area contributed by atoms with Crippen LogP contribution in [0.5, 0.6) is 0 Å². The lowest BCUT2D eigenvalue weighted by Gasteiger charge is -2.26. The van der Waals surface area contributed by atoms with E-state index in [1.54, 1.807) is 11.1 Å². The van der Waals surface area contributed by atoms with Gasteiger partial charge in [0.2, 0.25) is 0 Å². The Hall–Kier alpha value is -0.520. The van der Waals surface area contributed by atoms with Crippen LogP contribution in [0.2, 0.25) is 0 Å². The summed E-state index contributed by atoms with van der Waals surface area (Å²) in [7, 11) is 0. The van der Waals surface area contributed by atoms with Crippen molar-refractivity contribution in [1.82, 2.24) is 0 Å². The van der Waals surface area contributed by atoms with Gasteiger partial charge in [0.15, 0.2) is 0 Å². The lowest BCUT2D eigenvalue weighted by atomic mass is 9.80. The summed E-state index contributed by atoms with van der Waals surface area (Å²) in [4.78, 5) is 0. The fraction of sp³-hybridized carbons (Fsp3) is 0.692. The maximum Gasteiger partial charge on any atom is -0.0189 e. The minimum absolute atomic E-state index is 0.708. The van der Waals surface area contributed by atoms with Crippen molar-refractivity contribution < 1.29 is 0 Å². The molecular weight excluding hydrogens is 156 g/mol. The first-order chi connectivity index (χ1) is 6.02. The van der Waals surface area contributed by atoms with Gasteiger partial charge >= 0.3 is 0 Å². The molecule has 74 valence electrons. The Kier molecular flexibility index (Phi) is 3.35. The van der Waals surface area contributed by atoms with E-state index in [1.807, 2.05) is 0 Å². The van der Waals surface area contributed by atoms with Crippen LogP contribution in [0.15, 0.2) is 23.3 Å². The highest BCUT2D eigenvalue weighted by Gasteiger charge is 2.18. The first kappa shape index (κ1) is 10.6. The van der Waals surface area contributed by atoms with Gasteiger partial charge in [-0.15, -0.1) is 0 Å². The van der Waals surface area contributed by atoms with E-state index in [0.29, 0.717) is 11.8 Å². The summed E-state index contributed by atoms with van der Waals surface area (Å²) >= 11 is 0. The summed E-state index contributed by atoms with van der Waals surface area (Å²) in [6.45, 7) is 11.5. The van der Waals surface area contributed by atoms with Crippen LogP contribution in [0.25, 0.3) is 0 Å². The zero-order valence-electron chi connectivity index (χ0n) is 9.59. The number of hydrogen-bond donors (Lipinski definition) is 0. The van der Waals surface area contributed by atoms with E-state index in [9.17, 15) is 0 Å². The quantitative estimate of drug-likeness (QED) is 0.594. The predicted octanol–water partition coefficient (Wildman–Crippen LogP) is 4.19. The van der Waals surface area contributed by atoms with Crippen LogP contribution in [-0.4, -0.2) is 0 Å². The third-order valence-electron chi connectivity index (χ3n) is 3.01. The summed E-state index contributed by atoms with van der Waals surface area (Å²) in [5.41, 5.74) is 3.22. The summed E-state index contributed by atoms with van der Waals surface area (Å²) in [5, 5.41) is 0. The maximum absolute atomic E-state index is 2.35. The van der Waals surface area contributed by atoms with Gasteiger partial charge < -0.3 is 0 Å². The monoisotopic (exact) mass is 178 g/mol. The van der Waals surface area contributed by atoms with Gasteiger partial charge in [-0.25, -0.2) is 0 Å². The second-order valence-electron chi connectivity index (χ2n) is 4.82. The standard InChI is InChI=1S/C13H22/c1-9(2)12-6-7-13(10(3)4)11(5)8-12/h6-7,9-11H,8H2,1-5H3. The van der Waals surface area contributed by atoms with E-state index in [2.05, 4.69) is 46.8 Å². The van der Waals surface area contributed by atoms with Gasteiger partial charge in [-0.3, -0.25) is 0 Å². The van der Waals surface area contributed by atoms with Crippen molar-refractivity contribution in [2.24, 2.45) is 17.8 Å². The fourth-order valence-corrected chi connectivity index (χ4v) is 2.10. The number of rotatable bonds is 2. The molecule has 1 aliphatic rings. The van der Waals surface area contributed by atoms with Gasteiger partial charge in [-0.2, -0.15) is 0 Å². The maximum atomic E-state index is 2.35. The lowest BCUT2D eigenvalue weighted by molar-refractivity contribution is 0.541. The molecule has 1 aliphatic carbocycles. The van der Waals surface area contributed by atoms with Crippen LogP contribution >= 0.6 is 0 Å². The molecule has 0 aromatic rings. The van der Waals surface area contributed by atoms with Gasteiger partial charge in [0.25, 0.3) is 0 Å². The van der Waals surface area contributed by atoms with E-state index in [-0.39, 0.29) is 0 Å². The Balaban J connectivity index is 2.81. The molecule has 0 aliphatic heterocycles. The smallest absolute Gasteiger partial charge is 0.0189 e. The van der Waals surface area contributed by atoms with Crippen molar-refractivity contribution in [2.45, 2.75) is 41.0 Å². The van der Waals surface area contributed by atoms with Crippen LogP contribution in [0.4, 0.5) is 0 Å². The van der Waals surface area contributed by atoms with E-state index in [1.165, 1.54) is 6.42 Å². The van der Waals surface area contributed by atoms with Crippen LogP contribution in [0.3, 0.4) is 0 Å². The highest BCUT2D eigenvalue weighted by atomic mass is 14.2. The molecule has 0 heteroatoms. The second kappa shape index (κ2) is 4.13. The predicted molar refractivity (Wildman–Crippen MR) is 59.6 cm³/mol. The van der Waals surface area contributed by atoms with E-state index in [4.69, 9.17) is 0 Å². The Bertz CT molecular complexity index is 228. The van der Waals surface area contributed by atoms with Crippen molar-refractivity contribution in [1.29, 1.82) is 0 Å². The van der Waals surface area contributed by atoms with Crippen molar-refractivity contribution in [2.75, 3.05) is 0 Å². The zero-order valence-corrected chi connectivity index (χ0v) is 9.59. The average Bonchev–Trinajstić information content (AvgIpc) is 2.03. The fourth-order valence-electron chi connectivity index (χ4n) is 2.10. The Morgan fingerprint density at radius 3 is 2.08 bits per heavy atom. The van der Waals surface area contributed by atoms with Crippen LogP contribution < -0.4 is 0 Å². The molecule has 0 heterocycles. The van der Waals surface area contributed by atoms with E-state index < -0.39 is 0 Å². The molecule has 0 amide bonds. The molecule has 0 aromatic carbocycles. The first-order valence-electron chi connectivity index (χ1n) is 5.43. The Labute approximate surface area is 82.7 Å². The average molecular weight is 178 g/mol. The number of hydrogen-bond acceptors (Lipinski definition) is 0. The largest absolute Gasteiger partial charge is 0.0671 e. The molecule has 0 saturated carbocycles. The number of allylic oxidation sites excluding steroid dienone is 4. The summed E-state index contributed by atoms with van der Waals surface area (Å²) in [5.74, 6) is 2.18. The first-order valence-corrected chi connectivity index (χ1v) is 5.43. The third kappa shape index (κ3) is 2.46. The SMILES string of the molecule is CC(C)C1=CC=C(C(C)C)C(C)C1. The highest BCUT2D eigenvalue weighted by Crippen LogP contribution is 2.32. The normalized spacial score (nSPS) is 23.5. The molecule has 0 radical (unpaired) electrons. The molecule has 0 fully saturated rings. The molecular formula is C13H22. The Morgan fingerprint density at radius 1 is 1.08 bits per heavy atom. The molecule has 0 nitrogen and oxygen atoms in total. The van der Waals surface area contributed by atoms with E-state index >= 15 is 0 Å². The molecule has 0 N–H and O–H groups in total. The molecule has 1 atom stereocenters. The van der Waals surface area contributed by atoms with Crippen molar-refractivity contribution in [3.8, 4) is 0 Å². The summed E-state index contributed by atoms with van der Waals surface area (Å²) < 4.78 is 0. The van der Waals surface area contributed by atoms with Crippen molar-refractivity contribution in [3.63, 3.8) is 0 Å². The topological polar surface area (TPSA) is 0 Å². The third-order valence-corrected chi connectivity index (χ3v) is 3.01. The highest BCUT2D eigenvalue weighted by molar-refractivity contribution is 5.27. The van der Waals surface area contributed by atoms with Crippen molar-refractivity contribution in [3.05, 3.63) is 23.3 Å². The molecule has 0 bridgehead atoms. The molecule has 0 spiro atoms. The van der Waals surface area contributed by atoms with Crippen molar-refractivity contribution >= 4 is 0 Å². The van der Waals surface area contributed by atoms with Gasteiger partial charge in [0.1, 0.15) is 0 Å². The molecule has 1 rings (SSSR count). The van der Waals surface area contributed by atoms with Gasteiger partial charge in [-0.1, -0.05) is 57.9 Å².